The third-order valence-electron chi connectivity index (χ3n) is 4.78. The highest BCUT2D eigenvalue weighted by atomic mass is 16.6. The molecule has 1 aliphatic rings. The second-order valence-corrected chi connectivity index (χ2v) is 7.30. The molecule has 0 unspecified atom stereocenters. The van der Waals surface area contributed by atoms with Gasteiger partial charge in [-0.25, -0.2) is 14.6 Å². The Morgan fingerprint density at radius 2 is 1.78 bits per heavy atom. The Bertz CT molecular complexity index is 1370. The number of ether oxygens (including phenoxy) is 5. The van der Waals surface area contributed by atoms with Crippen LogP contribution in [0, 0.1) is 0 Å². The van der Waals surface area contributed by atoms with E-state index in [1.807, 2.05) is 0 Å². The molecule has 0 radical (unpaired) electrons. The van der Waals surface area contributed by atoms with Gasteiger partial charge in [-0.1, -0.05) is 6.07 Å². The normalized spacial score (nSPS) is 13.7. The smallest absolute Gasteiger partial charge is 0.379 e. The lowest BCUT2D eigenvalue weighted by molar-refractivity contribution is -0.132. The van der Waals surface area contributed by atoms with E-state index in [0.29, 0.717) is 23.5 Å². The lowest BCUT2D eigenvalue weighted by atomic mass is 10.1. The van der Waals surface area contributed by atoms with E-state index in [1.165, 1.54) is 38.5 Å². The van der Waals surface area contributed by atoms with Crippen molar-refractivity contribution in [3.63, 3.8) is 0 Å². The molecular formula is C26H21NO9. The molecule has 10 heteroatoms. The highest BCUT2D eigenvalue weighted by molar-refractivity contribution is 6.13. The van der Waals surface area contributed by atoms with Gasteiger partial charge in [-0.2, -0.15) is 0 Å². The molecule has 0 bridgehead atoms. The van der Waals surface area contributed by atoms with Crippen molar-refractivity contribution in [2.75, 3.05) is 13.7 Å². The van der Waals surface area contributed by atoms with Crippen LogP contribution in [0.25, 0.3) is 6.08 Å². The summed E-state index contributed by atoms with van der Waals surface area (Å²) in [6, 6.07) is 12.5. The fourth-order valence-electron chi connectivity index (χ4n) is 3.24. The molecule has 0 amide bonds. The maximum absolute atomic E-state index is 12.5. The van der Waals surface area contributed by atoms with Gasteiger partial charge in [0.15, 0.2) is 28.7 Å². The van der Waals surface area contributed by atoms with Crippen molar-refractivity contribution in [1.29, 1.82) is 0 Å². The molecule has 0 saturated heterocycles. The fraction of sp³-hybridized carbons (Fsp3) is 0.154. The predicted molar refractivity (Wildman–Crippen MR) is 126 cm³/mol. The third kappa shape index (κ3) is 5.44. The highest BCUT2D eigenvalue weighted by Crippen LogP contribution is 2.32. The van der Waals surface area contributed by atoms with Gasteiger partial charge in [0.1, 0.15) is 0 Å². The van der Waals surface area contributed by atoms with Gasteiger partial charge in [-0.05, 0) is 61.0 Å². The number of aliphatic imine (C=N–C) groups is 1. The number of nitrogens with zero attached hydrogens (tertiary/aromatic N) is 1. The molecule has 0 aliphatic carbocycles. The van der Waals surface area contributed by atoms with Crippen LogP contribution in [0.15, 0.2) is 69.9 Å². The first kappa shape index (κ1) is 24.3. The summed E-state index contributed by atoms with van der Waals surface area (Å²) in [5.74, 6) is -0.707. The van der Waals surface area contributed by atoms with Crippen molar-refractivity contribution in [2.24, 2.45) is 4.99 Å². The largest absolute Gasteiger partial charge is 0.493 e. The topological polar surface area (TPSA) is 123 Å². The molecule has 2 heterocycles. The molecule has 0 N–H and O–H groups in total. The summed E-state index contributed by atoms with van der Waals surface area (Å²) in [5, 5.41) is 0. The van der Waals surface area contributed by atoms with Crippen LogP contribution < -0.4 is 18.9 Å². The summed E-state index contributed by atoms with van der Waals surface area (Å²) in [6.45, 7) is 3.38. The monoisotopic (exact) mass is 491 g/mol. The standard InChI is InChI=1S/C26H21NO9/c1-4-32-23-13-16(7-9-20(23)35-26(30)21-6-5-11-33-21)12-18-25(29)36-24(27-18)17-8-10-19(34-15(2)28)22(14-17)31-3/h5-14H,4H2,1-3H3/b18-12-. The fourth-order valence-corrected chi connectivity index (χ4v) is 3.24. The second kappa shape index (κ2) is 10.6. The molecule has 3 aromatic rings. The Morgan fingerprint density at radius 1 is 1.00 bits per heavy atom. The lowest BCUT2D eigenvalue weighted by Crippen LogP contribution is -2.08. The minimum Gasteiger partial charge on any atom is -0.493 e. The summed E-state index contributed by atoms with van der Waals surface area (Å²) in [4.78, 5) is 40.2. The van der Waals surface area contributed by atoms with Gasteiger partial charge in [0.25, 0.3) is 0 Å². The van der Waals surface area contributed by atoms with E-state index in [-0.39, 0.29) is 34.6 Å². The van der Waals surface area contributed by atoms with Gasteiger partial charge in [0, 0.05) is 12.5 Å². The first-order valence-corrected chi connectivity index (χ1v) is 10.8. The van der Waals surface area contributed by atoms with Crippen LogP contribution in [-0.4, -0.2) is 37.5 Å². The van der Waals surface area contributed by atoms with Crippen LogP contribution in [0.2, 0.25) is 0 Å². The molecule has 1 aromatic heterocycles. The molecule has 0 atom stereocenters. The van der Waals surface area contributed by atoms with Gasteiger partial charge in [0.05, 0.1) is 20.0 Å². The van der Waals surface area contributed by atoms with E-state index in [4.69, 9.17) is 28.1 Å². The molecular weight excluding hydrogens is 470 g/mol. The van der Waals surface area contributed by atoms with Crippen molar-refractivity contribution in [2.45, 2.75) is 13.8 Å². The van der Waals surface area contributed by atoms with E-state index in [9.17, 15) is 14.4 Å². The van der Waals surface area contributed by atoms with Gasteiger partial charge in [0.2, 0.25) is 11.7 Å². The first-order chi connectivity index (χ1) is 17.4. The van der Waals surface area contributed by atoms with Crippen molar-refractivity contribution < 1.29 is 42.5 Å². The molecule has 2 aromatic carbocycles. The summed E-state index contributed by atoms with van der Waals surface area (Å²) in [5.41, 5.74) is 1.07. The van der Waals surface area contributed by atoms with Crippen molar-refractivity contribution in [3.05, 3.63) is 77.4 Å². The van der Waals surface area contributed by atoms with Crippen LogP contribution in [0.4, 0.5) is 0 Å². The summed E-state index contributed by atoms with van der Waals surface area (Å²) < 4.78 is 31.7. The Kier molecular flexibility index (Phi) is 7.15. The van der Waals surface area contributed by atoms with Crippen molar-refractivity contribution in [3.8, 4) is 23.0 Å². The summed E-state index contributed by atoms with van der Waals surface area (Å²) in [6.07, 6.45) is 2.88. The van der Waals surface area contributed by atoms with E-state index in [2.05, 4.69) is 4.99 Å². The van der Waals surface area contributed by atoms with Gasteiger partial charge in [-0.3, -0.25) is 4.79 Å². The average Bonchev–Trinajstić information content (AvgIpc) is 3.51. The molecule has 4 rings (SSSR count). The minimum atomic E-state index is -0.671. The summed E-state index contributed by atoms with van der Waals surface area (Å²) >= 11 is 0. The van der Waals surface area contributed by atoms with Crippen molar-refractivity contribution in [1.82, 2.24) is 0 Å². The number of esters is 3. The maximum atomic E-state index is 12.5. The first-order valence-electron chi connectivity index (χ1n) is 10.8. The average molecular weight is 491 g/mol. The Balaban J connectivity index is 1.59. The Morgan fingerprint density at radius 3 is 2.47 bits per heavy atom. The second-order valence-electron chi connectivity index (χ2n) is 7.30. The number of carbonyl (C=O) groups excluding carboxylic acids is 3. The zero-order valence-corrected chi connectivity index (χ0v) is 19.6. The van der Waals surface area contributed by atoms with Crippen LogP contribution in [-0.2, 0) is 14.3 Å². The number of cyclic esters (lactones) is 1. The highest BCUT2D eigenvalue weighted by Gasteiger charge is 2.25. The SMILES string of the molecule is CCOc1cc(/C=C2\N=C(c3ccc(OC(C)=O)c(OC)c3)OC2=O)ccc1OC(=O)c1ccco1. The van der Waals surface area contributed by atoms with E-state index in [1.54, 1.807) is 43.3 Å². The zero-order valence-electron chi connectivity index (χ0n) is 19.6. The number of furan rings is 1. The van der Waals surface area contributed by atoms with Crippen LogP contribution in [0.1, 0.15) is 35.5 Å². The van der Waals surface area contributed by atoms with Crippen molar-refractivity contribution >= 4 is 29.9 Å². The van der Waals surface area contributed by atoms with Crippen LogP contribution in [0.5, 0.6) is 23.0 Å². The van der Waals surface area contributed by atoms with E-state index in [0.717, 1.165) is 0 Å². The zero-order chi connectivity index (χ0) is 25.7. The number of hydrogen-bond acceptors (Lipinski definition) is 10. The third-order valence-corrected chi connectivity index (χ3v) is 4.78. The number of carbonyl (C=O) groups is 3. The number of hydrogen-bond donors (Lipinski definition) is 0. The molecule has 10 nitrogen and oxygen atoms in total. The maximum Gasteiger partial charge on any atom is 0.379 e. The van der Waals surface area contributed by atoms with E-state index < -0.39 is 17.9 Å². The Labute approximate surface area is 205 Å². The molecule has 184 valence electrons. The quantitative estimate of drug-likeness (QED) is 0.259. The lowest BCUT2D eigenvalue weighted by Gasteiger charge is -2.10. The summed E-state index contributed by atoms with van der Waals surface area (Å²) in [7, 11) is 1.42. The number of benzene rings is 2. The van der Waals surface area contributed by atoms with Gasteiger partial charge in [-0.15, -0.1) is 0 Å². The van der Waals surface area contributed by atoms with Gasteiger partial charge >= 0.3 is 17.9 Å². The minimum absolute atomic E-state index is 0.0517. The molecule has 0 saturated carbocycles. The molecule has 0 fully saturated rings. The molecule has 0 spiro atoms. The molecule has 36 heavy (non-hydrogen) atoms. The van der Waals surface area contributed by atoms with Crippen LogP contribution >= 0.6 is 0 Å². The Hall–Kier alpha value is -4.86. The number of methoxy groups -OCH3 is 1. The predicted octanol–water partition coefficient (Wildman–Crippen LogP) is 4.18. The van der Waals surface area contributed by atoms with Crippen LogP contribution in [0.3, 0.4) is 0 Å². The number of rotatable bonds is 8. The van der Waals surface area contributed by atoms with E-state index >= 15 is 0 Å². The molecule has 1 aliphatic heterocycles. The van der Waals surface area contributed by atoms with Gasteiger partial charge < -0.3 is 28.1 Å².